The van der Waals surface area contributed by atoms with Gasteiger partial charge in [-0.1, -0.05) is 23.4 Å². The molecular formula is C10H7ClN6O. The van der Waals surface area contributed by atoms with Gasteiger partial charge in [0.15, 0.2) is 0 Å². The van der Waals surface area contributed by atoms with E-state index in [4.69, 9.17) is 16.1 Å². The maximum atomic E-state index is 5.61. The lowest BCUT2D eigenvalue weighted by molar-refractivity contribution is 0.391. The van der Waals surface area contributed by atoms with Gasteiger partial charge in [0, 0.05) is 11.1 Å². The Bertz CT molecular complexity index is 650. The largest absolute Gasteiger partial charge is 0.338 e. The third-order valence-corrected chi connectivity index (χ3v) is 2.54. The Kier molecular flexibility index (Phi) is 2.73. The first-order chi connectivity index (χ1) is 8.86. The van der Waals surface area contributed by atoms with Gasteiger partial charge in [0.2, 0.25) is 17.5 Å². The van der Waals surface area contributed by atoms with Crippen LogP contribution in [-0.4, -0.2) is 30.8 Å². The van der Waals surface area contributed by atoms with E-state index in [1.165, 1.54) is 0 Å². The third-order valence-electron chi connectivity index (χ3n) is 2.31. The molecule has 1 aromatic carbocycles. The zero-order valence-corrected chi connectivity index (χ0v) is 9.79. The highest BCUT2D eigenvalue weighted by Gasteiger charge is 2.10. The number of nitrogens with one attached hydrogen (secondary N) is 1. The highest BCUT2D eigenvalue weighted by atomic mass is 35.5. The zero-order valence-electron chi connectivity index (χ0n) is 9.04. The van der Waals surface area contributed by atoms with Gasteiger partial charge in [0.1, 0.15) is 5.88 Å². The lowest BCUT2D eigenvalue weighted by Gasteiger charge is -1.97. The van der Waals surface area contributed by atoms with Gasteiger partial charge in [0.25, 0.3) is 0 Å². The van der Waals surface area contributed by atoms with Crippen LogP contribution in [-0.2, 0) is 5.88 Å². The fourth-order valence-corrected chi connectivity index (χ4v) is 1.62. The fraction of sp³-hybridized carbons (Fsp3) is 0.100. The van der Waals surface area contributed by atoms with Crippen molar-refractivity contribution in [2.24, 2.45) is 0 Å². The molecule has 0 bridgehead atoms. The van der Waals surface area contributed by atoms with Gasteiger partial charge in [-0.05, 0) is 11.3 Å². The number of aromatic nitrogens is 6. The number of tetrazole rings is 1. The summed E-state index contributed by atoms with van der Waals surface area (Å²) in [6, 6.07) is 7.45. The third kappa shape index (κ3) is 1.95. The van der Waals surface area contributed by atoms with E-state index in [2.05, 4.69) is 30.8 Å². The molecule has 0 saturated carbocycles. The number of aromatic amines is 1. The molecule has 1 N–H and O–H groups in total. The summed E-state index contributed by atoms with van der Waals surface area (Å²) in [6.07, 6.45) is 0. The first kappa shape index (κ1) is 10.8. The number of H-pyrrole nitrogens is 1. The van der Waals surface area contributed by atoms with Crippen molar-refractivity contribution in [3.63, 3.8) is 0 Å². The van der Waals surface area contributed by atoms with Gasteiger partial charge in [-0.2, -0.15) is 10.2 Å². The Morgan fingerprint density at radius 2 is 2.06 bits per heavy atom. The molecule has 0 unspecified atom stereocenters. The predicted octanol–water partition coefficient (Wildman–Crippen LogP) is 1.66. The average Bonchev–Trinajstić information content (AvgIpc) is 3.10. The maximum Gasteiger partial charge on any atom is 0.241 e. The Hall–Kier alpha value is -2.28. The Morgan fingerprint density at radius 3 is 2.72 bits per heavy atom. The summed E-state index contributed by atoms with van der Waals surface area (Å²) in [7, 11) is 0. The number of halogens is 1. The van der Waals surface area contributed by atoms with Crippen molar-refractivity contribution < 1.29 is 4.52 Å². The van der Waals surface area contributed by atoms with Crippen molar-refractivity contribution in [1.82, 2.24) is 30.8 Å². The molecule has 0 aliphatic rings. The van der Waals surface area contributed by atoms with Gasteiger partial charge in [-0.25, -0.2) is 0 Å². The van der Waals surface area contributed by atoms with Gasteiger partial charge in [0.05, 0.1) is 0 Å². The molecule has 0 aliphatic carbocycles. The maximum absolute atomic E-state index is 5.61. The zero-order chi connectivity index (χ0) is 12.4. The standard InChI is InChI=1S/C10H7ClN6O/c11-5-8-12-9(15-18-8)6-2-1-3-7(4-6)10-13-16-17-14-10/h1-4H,5H2,(H,13,14,16,17). The van der Waals surface area contributed by atoms with Crippen molar-refractivity contribution in [1.29, 1.82) is 0 Å². The Labute approximate surface area is 106 Å². The van der Waals surface area contributed by atoms with E-state index in [1.54, 1.807) is 0 Å². The fourth-order valence-electron chi connectivity index (χ4n) is 1.51. The van der Waals surface area contributed by atoms with Gasteiger partial charge >= 0.3 is 0 Å². The van der Waals surface area contributed by atoms with Crippen LogP contribution >= 0.6 is 11.6 Å². The topological polar surface area (TPSA) is 93.4 Å². The molecule has 3 aromatic rings. The van der Waals surface area contributed by atoms with Crippen LogP contribution < -0.4 is 0 Å². The summed E-state index contributed by atoms with van der Waals surface area (Å²) in [5.41, 5.74) is 1.62. The molecular weight excluding hydrogens is 256 g/mol. The van der Waals surface area contributed by atoms with Crippen LogP contribution in [0.2, 0.25) is 0 Å². The van der Waals surface area contributed by atoms with E-state index >= 15 is 0 Å². The van der Waals surface area contributed by atoms with Crippen LogP contribution in [0.25, 0.3) is 22.8 Å². The molecule has 0 fully saturated rings. The summed E-state index contributed by atoms with van der Waals surface area (Å²) in [6.45, 7) is 0. The quantitative estimate of drug-likeness (QED) is 0.722. The molecule has 0 aliphatic heterocycles. The van der Waals surface area contributed by atoms with Crippen LogP contribution in [0.15, 0.2) is 28.8 Å². The molecule has 0 amide bonds. The molecule has 18 heavy (non-hydrogen) atoms. The van der Waals surface area contributed by atoms with Crippen LogP contribution in [0.3, 0.4) is 0 Å². The van der Waals surface area contributed by atoms with E-state index in [0.29, 0.717) is 17.5 Å². The van der Waals surface area contributed by atoms with E-state index in [1.807, 2.05) is 24.3 Å². The van der Waals surface area contributed by atoms with Crippen LogP contribution in [0.5, 0.6) is 0 Å². The summed E-state index contributed by atoms with van der Waals surface area (Å²) in [4.78, 5) is 4.15. The molecule has 2 heterocycles. The molecule has 0 atom stereocenters. The first-order valence-electron chi connectivity index (χ1n) is 5.09. The molecule has 2 aromatic heterocycles. The van der Waals surface area contributed by atoms with Gasteiger partial charge < -0.3 is 4.52 Å². The number of hydrogen-bond acceptors (Lipinski definition) is 6. The molecule has 0 spiro atoms. The normalized spacial score (nSPS) is 10.7. The van der Waals surface area contributed by atoms with Crippen molar-refractivity contribution >= 4 is 11.6 Å². The Balaban J connectivity index is 2.00. The van der Waals surface area contributed by atoms with Crippen molar-refractivity contribution in [2.75, 3.05) is 0 Å². The number of benzene rings is 1. The minimum Gasteiger partial charge on any atom is -0.338 e. The molecule has 0 radical (unpaired) electrons. The molecule has 7 nitrogen and oxygen atoms in total. The van der Waals surface area contributed by atoms with E-state index in [-0.39, 0.29) is 5.88 Å². The minimum atomic E-state index is 0.192. The van der Waals surface area contributed by atoms with E-state index in [0.717, 1.165) is 11.1 Å². The Morgan fingerprint density at radius 1 is 1.22 bits per heavy atom. The van der Waals surface area contributed by atoms with Gasteiger partial charge in [-0.3, -0.25) is 0 Å². The molecule has 8 heteroatoms. The van der Waals surface area contributed by atoms with Crippen LogP contribution in [0, 0.1) is 0 Å². The molecule has 3 rings (SSSR count). The second kappa shape index (κ2) is 4.53. The predicted molar refractivity (Wildman–Crippen MR) is 62.5 cm³/mol. The summed E-state index contributed by atoms with van der Waals surface area (Å²) in [5.74, 6) is 1.57. The lowest BCUT2D eigenvalue weighted by atomic mass is 10.1. The smallest absolute Gasteiger partial charge is 0.241 e. The number of hydrogen-bond donors (Lipinski definition) is 1. The minimum absolute atomic E-state index is 0.192. The second-order valence-corrected chi connectivity index (χ2v) is 3.73. The van der Waals surface area contributed by atoms with E-state index in [9.17, 15) is 0 Å². The number of alkyl halides is 1. The van der Waals surface area contributed by atoms with Crippen LogP contribution in [0.1, 0.15) is 5.89 Å². The SMILES string of the molecule is ClCc1nc(-c2cccc(-c3nn[nH]n3)c2)no1. The highest BCUT2D eigenvalue weighted by molar-refractivity contribution is 6.16. The van der Waals surface area contributed by atoms with Gasteiger partial charge in [-0.15, -0.1) is 21.8 Å². The number of nitrogens with zero attached hydrogens (tertiary/aromatic N) is 5. The number of rotatable bonds is 3. The second-order valence-electron chi connectivity index (χ2n) is 3.46. The molecule has 0 saturated heterocycles. The van der Waals surface area contributed by atoms with Crippen LogP contribution in [0.4, 0.5) is 0 Å². The van der Waals surface area contributed by atoms with E-state index < -0.39 is 0 Å². The van der Waals surface area contributed by atoms with Crippen molar-refractivity contribution in [3.05, 3.63) is 30.2 Å². The summed E-state index contributed by atoms with van der Waals surface area (Å²) in [5, 5.41) is 17.6. The van der Waals surface area contributed by atoms with Crippen molar-refractivity contribution in [2.45, 2.75) is 5.88 Å². The summed E-state index contributed by atoms with van der Waals surface area (Å²) >= 11 is 5.61. The summed E-state index contributed by atoms with van der Waals surface area (Å²) < 4.78 is 4.96. The average molecular weight is 263 g/mol. The molecule has 90 valence electrons. The lowest BCUT2D eigenvalue weighted by Crippen LogP contribution is -1.85. The highest BCUT2D eigenvalue weighted by Crippen LogP contribution is 2.22. The van der Waals surface area contributed by atoms with Crippen molar-refractivity contribution in [3.8, 4) is 22.8 Å². The first-order valence-corrected chi connectivity index (χ1v) is 5.63. The monoisotopic (exact) mass is 262 g/mol.